The number of nitrogens with one attached hydrogen (secondary N) is 1. The molecule has 1 unspecified atom stereocenters. The molecule has 2 saturated heterocycles. The Labute approximate surface area is 119 Å². The molecule has 2 nitrogen and oxygen atoms in total. The molecule has 0 aliphatic carbocycles. The first-order valence-electron chi connectivity index (χ1n) is 6.61. The van der Waals surface area contributed by atoms with Crippen LogP contribution in [0.25, 0.3) is 0 Å². The lowest BCUT2D eigenvalue weighted by Crippen LogP contribution is -2.44. The van der Waals surface area contributed by atoms with Crippen molar-refractivity contribution in [3.05, 3.63) is 35.6 Å². The molecule has 4 heteroatoms. The molecule has 2 aliphatic rings. The maximum Gasteiger partial charge on any atom is 0.123 e. The Kier molecular flexibility index (Phi) is 4.13. The van der Waals surface area contributed by atoms with Gasteiger partial charge in [-0.05, 0) is 49.8 Å². The number of hydrogen-bond acceptors (Lipinski definition) is 2. The third kappa shape index (κ3) is 2.91. The van der Waals surface area contributed by atoms with Crippen LogP contribution in [0.3, 0.4) is 0 Å². The SMILES string of the molecule is Cl.N#CC1(Cc2ccc(F)cc2)C[C@H]2CC[C@@H](C1)N2. The number of piperidine rings is 1. The van der Waals surface area contributed by atoms with Gasteiger partial charge in [-0.25, -0.2) is 4.39 Å². The van der Waals surface area contributed by atoms with E-state index in [0.717, 1.165) is 24.8 Å². The summed E-state index contributed by atoms with van der Waals surface area (Å²) in [4.78, 5) is 0. The zero-order valence-electron chi connectivity index (χ0n) is 10.7. The predicted molar refractivity (Wildman–Crippen MR) is 74.6 cm³/mol. The second-order valence-corrected chi connectivity index (χ2v) is 5.74. The number of fused-ring (bicyclic) bond motifs is 2. The Bertz CT molecular complexity index is 468. The molecule has 2 bridgehead atoms. The van der Waals surface area contributed by atoms with Crippen LogP contribution in [0, 0.1) is 22.6 Å². The van der Waals surface area contributed by atoms with E-state index in [1.807, 2.05) is 0 Å². The Morgan fingerprint density at radius 1 is 1.21 bits per heavy atom. The molecular weight excluding hydrogens is 263 g/mol. The molecule has 1 aromatic rings. The number of nitrogens with zero attached hydrogens (tertiary/aromatic N) is 1. The molecule has 2 fully saturated rings. The van der Waals surface area contributed by atoms with E-state index in [9.17, 15) is 9.65 Å². The first kappa shape index (κ1) is 14.3. The van der Waals surface area contributed by atoms with E-state index in [0.29, 0.717) is 12.1 Å². The van der Waals surface area contributed by atoms with Crippen LogP contribution in [0.5, 0.6) is 0 Å². The average molecular weight is 281 g/mol. The third-order valence-corrected chi connectivity index (χ3v) is 4.30. The molecule has 3 rings (SSSR count). The molecule has 19 heavy (non-hydrogen) atoms. The van der Waals surface area contributed by atoms with Gasteiger partial charge >= 0.3 is 0 Å². The summed E-state index contributed by atoms with van der Waals surface area (Å²) in [6.45, 7) is 0. The van der Waals surface area contributed by atoms with Gasteiger partial charge in [0, 0.05) is 12.1 Å². The minimum absolute atomic E-state index is 0. The molecule has 1 aromatic carbocycles. The third-order valence-electron chi connectivity index (χ3n) is 4.30. The van der Waals surface area contributed by atoms with Crippen molar-refractivity contribution in [2.45, 2.75) is 44.2 Å². The summed E-state index contributed by atoms with van der Waals surface area (Å²) in [5.41, 5.74) is 0.814. The summed E-state index contributed by atoms with van der Waals surface area (Å²) < 4.78 is 12.9. The van der Waals surface area contributed by atoms with Gasteiger partial charge in [0.1, 0.15) is 5.82 Å². The Morgan fingerprint density at radius 2 is 1.79 bits per heavy atom. The number of hydrogen-bond donors (Lipinski definition) is 1. The zero-order valence-corrected chi connectivity index (χ0v) is 11.5. The van der Waals surface area contributed by atoms with E-state index in [1.54, 1.807) is 12.1 Å². The zero-order chi connectivity index (χ0) is 12.6. The summed E-state index contributed by atoms with van der Waals surface area (Å²) in [6, 6.07) is 10.1. The van der Waals surface area contributed by atoms with Gasteiger partial charge in [0.2, 0.25) is 0 Å². The highest BCUT2D eigenvalue weighted by molar-refractivity contribution is 5.85. The van der Waals surface area contributed by atoms with Gasteiger partial charge in [-0.2, -0.15) is 5.26 Å². The van der Waals surface area contributed by atoms with E-state index >= 15 is 0 Å². The van der Waals surface area contributed by atoms with E-state index in [-0.39, 0.29) is 23.6 Å². The molecule has 1 N–H and O–H groups in total. The van der Waals surface area contributed by atoms with E-state index in [1.165, 1.54) is 25.0 Å². The number of rotatable bonds is 2. The largest absolute Gasteiger partial charge is 0.311 e. The quantitative estimate of drug-likeness (QED) is 0.903. The number of nitriles is 1. The highest BCUT2D eigenvalue weighted by Gasteiger charge is 2.43. The fourth-order valence-electron chi connectivity index (χ4n) is 3.52. The lowest BCUT2D eigenvalue weighted by atomic mass is 9.73. The van der Waals surface area contributed by atoms with Crippen molar-refractivity contribution in [3.8, 4) is 6.07 Å². The van der Waals surface area contributed by atoms with Crippen LogP contribution in [-0.2, 0) is 6.42 Å². The van der Waals surface area contributed by atoms with Gasteiger partial charge in [-0.3, -0.25) is 0 Å². The van der Waals surface area contributed by atoms with Gasteiger partial charge in [0.25, 0.3) is 0 Å². The summed E-state index contributed by atoms with van der Waals surface area (Å²) >= 11 is 0. The summed E-state index contributed by atoms with van der Waals surface area (Å²) in [5, 5.41) is 13.1. The Morgan fingerprint density at radius 3 is 2.32 bits per heavy atom. The summed E-state index contributed by atoms with van der Waals surface area (Å²) in [7, 11) is 0. The lowest BCUT2D eigenvalue weighted by molar-refractivity contribution is 0.224. The van der Waals surface area contributed by atoms with Gasteiger partial charge in [0.15, 0.2) is 0 Å². The molecule has 2 aliphatic heterocycles. The molecule has 3 atom stereocenters. The van der Waals surface area contributed by atoms with Crippen molar-refractivity contribution < 1.29 is 4.39 Å². The van der Waals surface area contributed by atoms with E-state index < -0.39 is 0 Å². The fourth-order valence-corrected chi connectivity index (χ4v) is 3.52. The summed E-state index contributed by atoms with van der Waals surface area (Å²) in [5.74, 6) is -0.213. The van der Waals surface area contributed by atoms with Crippen LogP contribution in [0.2, 0.25) is 0 Å². The molecule has 0 spiro atoms. The molecule has 0 radical (unpaired) electrons. The normalized spacial score (nSPS) is 32.4. The molecule has 0 amide bonds. The number of benzene rings is 1. The standard InChI is InChI=1S/C15H17FN2.ClH/c16-12-3-1-11(2-4-12)7-15(10-17)8-13-5-6-14(9-15)18-13;/h1-4,13-14,18H,5-9H2;1H/t13-,14+,15?;. The highest BCUT2D eigenvalue weighted by atomic mass is 35.5. The van der Waals surface area contributed by atoms with Crippen LogP contribution in [0.15, 0.2) is 24.3 Å². The predicted octanol–water partition coefficient (Wildman–Crippen LogP) is 3.21. The Hall–Kier alpha value is -1.11. The van der Waals surface area contributed by atoms with Crippen LogP contribution < -0.4 is 5.32 Å². The monoisotopic (exact) mass is 280 g/mol. The van der Waals surface area contributed by atoms with Gasteiger partial charge in [-0.15, -0.1) is 12.4 Å². The number of halogens is 2. The molecule has 2 heterocycles. The van der Waals surface area contributed by atoms with Crippen molar-refractivity contribution >= 4 is 12.4 Å². The van der Waals surface area contributed by atoms with Crippen molar-refractivity contribution in [2.24, 2.45) is 5.41 Å². The fraction of sp³-hybridized carbons (Fsp3) is 0.533. The van der Waals surface area contributed by atoms with E-state index in [4.69, 9.17) is 0 Å². The van der Waals surface area contributed by atoms with Gasteiger partial charge < -0.3 is 5.32 Å². The molecule has 0 saturated carbocycles. The van der Waals surface area contributed by atoms with Gasteiger partial charge in [0.05, 0.1) is 11.5 Å². The van der Waals surface area contributed by atoms with Gasteiger partial charge in [-0.1, -0.05) is 12.1 Å². The van der Waals surface area contributed by atoms with Crippen molar-refractivity contribution in [2.75, 3.05) is 0 Å². The molecule has 0 aromatic heterocycles. The first-order valence-corrected chi connectivity index (χ1v) is 6.61. The Balaban J connectivity index is 0.00000133. The maximum absolute atomic E-state index is 12.9. The lowest BCUT2D eigenvalue weighted by Gasteiger charge is -2.36. The van der Waals surface area contributed by atoms with Crippen molar-refractivity contribution in [3.63, 3.8) is 0 Å². The first-order chi connectivity index (χ1) is 8.69. The maximum atomic E-state index is 12.9. The van der Waals surface area contributed by atoms with Crippen LogP contribution >= 0.6 is 12.4 Å². The van der Waals surface area contributed by atoms with Crippen LogP contribution in [0.1, 0.15) is 31.2 Å². The molecular formula is C15H18ClFN2. The van der Waals surface area contributed by atoms with Crippen molar-refractivity contribution in [1.29, 1.82) is 5.26 Å². The average Bonchev–Trinajstić information content (AvgIpc) is 2.72. The molecule has 102 valence electrons. The second-order valence-electron chi connectivity index (χ2n) is 5.74. The van der Waals surface area contributed by atoms with Crippen molar-refractivity contribution in [1.82, 2.24) is 5.32 Å². The van der Waals surface area contributed by atoms with Crippen LogP contribution in [-0.4, -0.2) is 12.1 Å². The second kappa shape index (κ2) is 5.48. The van der Waals surface area contributed by atoms with Crippen LogP contribution in [0.4, 0.5) is 4.39 Å². The minimum Gasteiger partial charge on any atom is -0.311 e. The summed E-state index contributed by atoms with van der Waals surface area (Å²) in [6.07, 6.45) is 4.99. The van der Waals surface area contributed by atoms with E-state index in [2.05, 4.69) is 11.4 Å². The smallest absolute Gasteiger partial charge is 0.123 e. The topological polar surface area (TPSA) is 35.8 Å². The minimum atomic E-state index is -0.255. The highest BCUT2D eigenvalue weighted by Crippen LogP contribution is 2.42.